The molecule has 0 amide bonds. The summed E-state index contributed by atoms with van der Waals surface area (Å²) in [7, 11) is 0. The molecule has 1 fully saturated rings. The molecule has 1 aromatic carbocycles. The van der Waals surface area contributed by atoms with Gasteiger partial charge >= 0.3 is 0 Å². The Morgan fingerprint density at radius 3 is 2.94 bits per heavy atom. The standard InChI is InChI=1S/C13H18ClNO2/c14-12-7-10(8-15)4-5-13(12)17-9-11-3-1-2-6-16-11/h4-5,7,11H,1-3,6,8-9,15H2. The van der Waals surface area contributed by atoms with E-state index in [1.54, 1.807) is 0 Å². The quantitative estimate of drug-likeness (QED) is 0.900. The van der Waals surface area contributed by atoms with E-state index in [4.69, 9.17) is 26.8 Å². The van der Waals surface area contributed by atoms with Crippen molar-refractivity contribution in [1.29, 1.82) is 0 Å². The van der Waals surface area contributed by atoms with Crippen LogP contribution in [0.25, 0.3) is 0 Å². The van der Waals surface area contributed by atoms with Crippen LogP contribution in [0.5, 0.6) is 5.75 Å². The highest BCUT2D eigenvalue weighted by Gasteiger charge is 2.15. The highest BCUT2D eigenvalue weighted by atomic mass is 35.5. The molecule has 1 heterocycles. The highest BCUT2D eigenvalue weighted by Crippen LogP contribution is 2.26. The van der Waals surface area contributed by atoms with E-state index >= 15 is 0 Å². The van der Waals surface area contributed by atoms with Gasteiger partial charge in [0.25, 0.3) is 0 Å². The summed E-state index contributed by atoms with van der Waals surface area (Å²) in [4.78, 5) is 0. The summed E-state index contributed by atoms with van der Waals surface area (Å²) in [6.45, 7) is 1.90. The fraction of sp³-hybridized carbons (Fsp3) is 0.538. The lowest BCUT2D eigenvalue weighted by Gasteiger charge is -2.22. The van der Waals surface area contributed by atoms with Gasteiger partial charge in [0.15, 0.2) is 0 Å². The van der Waals surface area contributed by atoms with Crippen LogP contribution in [-0.2, 0) is 11.3 Å². The van der Waals surface area contributed by atoms with Crippen LogP contribution in [-0.4, -0.2) is 19.3 Å². The molecule has 1 atom stereocenters. The molecule has 1 unspecified atom stereocenters. The zero-order valence-electron chi connectivity index (χ0n) is 9.82. The summed E-state index contributed by atoms with van der Waals surface area (Å²) < 4.78 is 11.3. The Hall–Kier alpha value is -0.770. The van der Waals surface area contributed by atoms with Gasteiger partial charge in [-0.05, 0) is 37.0 Å². The van der Waals surface area contributed by atoms with Crippen LogP contribution >= 0.6 is 11.6 Å². The first-order chi connectivity index (χ1) is 8.29. The topological polar surface area (TPSA) is 44.5 Å². The van der Waals surface area contributed by atoms with Gasteiger partial charge < -0.3 is 15.2 Å². The molecule has 1 aromatic rings. The van der Waals surface area contributed by atoms with Gasteiger partial charge in [0.05, 0.1) is 11.1 Å². The summed E-state index contributed by atoms with van der Waals surface area (Å²) in [5.41, 5.74) is 6.55. The van der Waals surface area contributed by atoms with Crippen LogP contribution in [0.4, 0.5) is 0 Å². The molecular formula is C13H18ClNO2. The van der Waals surface area contributed by atoms with E-state index < -0.39 is 0 Å². The Labute approximate surface area is 107 Å². The third-order valence-corrected chi connectivity index (χ3v) is 3.23. The summed E-state index contributed by atoms with van der Waals surface area (Å²) in [5.74, 6) is 0.707. The first kappa shape index (κ1) is 12.7. The number of benzene rings is 1. The van der Waals surface area contributed by atoms with E-state index in [0.717, 1.165) is 25.0 Å². The maximum absolute atomic E-state index is 6.10. The maximum Gasteiger partial charge on any atom is 0.138 e. The van der Waals surface area contributed by atoms with Gasteiger partial charge in [0.2, 0.25) is 0 Å². The lowest BCUT2D eigenvalue weighted by molar-refractivity contribution is -0.0110. The predicted octanol–water partition coefficient (Wildman–Crippen LogP) is 2.75. The molecule has 0 aromatic heterocycles. The average Bonchev–Trinajstić information content (AvgIpc) is 2.38. The Morgan fingerprint density at radius 2 is 2.29 bits per heavy atom. The molecule has 0 radical (unpaired) electrons. The van der Waals surface area contributed by atoms with Crippen molar-refractivity contribution in [3.05, 3.63) is 28.8 Å². The second-order valence-corrected chi connectivity index (χ2v) is 4.68. The Morgan fingerprint density at radius 1 is 1.41 bits per heavy atom. The predicted molar refractivity (Wildman–Crippen MR) is 68.4 cm³/mol. The zero-order chi connectivity index (χ0) is 12.1. The van der Waals surface area contributed by atoms with Crippen molar-refractivity contribution < 1.29 is 9.47 Å². The lowest BCUT2D eigenvalue weighted by Crippen LogP contribution is -2.25. The van der Waals surface area contributed by atoms with Gasteiger partial charge in [0.1, 0.15) is 12.4 Å². The fourth-order valence-electron chi connectivity index (χ4n) is 1.91. The van der Waals surface area contributed by atoms with E-state index in [2.05, 4.69) is 0 Å². The molecule has 3 nitrogen and oxygen atoms in total. The van der Waals surface area contributed by atoms with E-state index in [-0.39, 0.29) is 6.10 Å². The third kappa shape index (κ3) is 3.60. The molecule has 2 N–H and O–H groups in total. The first-order valence-corrected chi connectivity index (χ1v) is 6.40. The summed E-state index contributed by atoms with van der Waals surface area (Å²) in [6.07, 6.45) is 3.64. The molecule has 2 rings (SSSR count). The van der Waals surface area contributed by atoms with Crippen LogP contribution in [0.2, 0.25) is 5.02 Å². The molecule has 0 spiro atoms. The normalized spacial score (nSPS) is 20.2. The smallest absolute Gasteiger partial charge is 0.138 e. The minimum absolute atomic E-state index is 0.203. The average molecular weight is 256 g/mol. The second kappa shape index (κ2) is 6.24. The van der Waals surface area contributed by atoms with E-state index in [1.165, 1.54) is 6.42 Å². The van der Waals surface area contributed by atoms with Gasteiger partial charge in [-0.1, -0.05) is 17.7 Å². The fourth-order valence-corrected chi connectivity index (χ4v) is 2.17. The number of rotatable bonds is 4. The first-order valence-electron chi connectivity index (χ1n) is 6.02. The Bertz CT molecular complexity index is 364. The molecule has 0 bridgehead atoms. The van der Waals surface area contributed by atoms with Crippen LogP contribution in [0.15, 0.2) is 18.2 Å². The minimum atomic E-state index is 0.203. The van der Waals surface area contributed by atoms with E-state index in [0.29, 0.717) is 23.9 Å². The molecule has 0 aliphatic carbocycles. The van der Waals surface area contributed by atoms with Crippen molar-refractivity contribution in [2.75, 3.05) is 13.2 Å². The van der Waals surface area contributed by atoms with Crippen LogP contribution in [0.3, 0.4) is 0 Å². The van der Waals surface area contributed by atoms with Crippen LogP contribution < -0.4 is 10.5 Å². The summed E-state index contributed by atoms with van der Waals surface area (Å²) in [6, 6.07) is 5.65. The molecule has 17 heavy (non-hydrogen) atoms. The van der Waals surface area contributed by atoms with Gasteiger partial charge in [-0.3, -0.25) is 0 Å². The number of hydrogen-bond donors (Lipinski definition) is 1. The largest absolute Gasteiger partial charge is 0.489 e. The molecule has 1 saturated heterocycles. The molecule has 1 aliphatic heterocycles. The number of hydrogen-bond acceptors (Lipinski definition) is 3. The zero-order valence-corrected chi connectivity index (χ0v) is 10.6. The van der Waals surface area contributed by atoms with Crippen molar-refractivity contribution >= 4 is 11.6 Å². The molecule has 0 saturated carbocycles. The van der Waals surface area contributed by atoms with E-state index in [9.17, 15) is 0 Å². The Kier molecular flexibility index (Phi) is 4.66. The monoisotopic (exact) mass is 255 g/mol. The van der Waals surface area contributed by atoms with Crippen LogP contribution in [0, 0.1) is 0 Å². The number of nitrogens with two attached hydrogens (primary N) is 1. The van der Waals surface area contributed by atoms with Crippen molar-refractivity contribution in [3.63, 3.8) is 0 Å². The van der Waals surface area contributed by atoms with Gasteiger partial charge in [-0.15, -0.1) is 0 Å². The van der Waals surface area contributed by atoms with Crippen molar-refractivity contribution in [1.82, 2.24) is 0 Å². The lowest BCUT2D eigenvalue weighted by atomic mass is 10.1. The molecule has 1 aliphatic rings. The maximum atomic E-state index is 6.10. The van der Waals surface area contributed by atoms with Gasteiger partial charge in [0, 0.05) is 13.2 Å². The van der Waals surface area contributed by atoms with Crippen molar-refractivity contribution in [3.8, 4) is 5.75 Å². The molecular weight excluding hydrogens is 238 g/mol. The SMILES string of the molecule is NCc1ccc(OCC2CCCCO2)c(Cl)c1. The second-order valence-electron chi connectivity index (χ2n) is 4.27. The number of ether oxygens (including phenoxy) is 2. The summed E-state index contributed by atoms with van der Waals surface area (Å²) >= 11 is 6.10. The highest BCUT2D eigenvalue weighted by molar-refractivity contribution is 6.32. The molecule has 4 heteroatoms. The van der Waals surface area contributed by atoms with Crippen molar-refractivity contribution in [2.24, 2.45) is 5.73 Å². The Balaban J connectivity index is 1.89. The van der Waals surface area contributed by atoms with Crippen LogP contribution in [0.1, 0.15) is 24.8 Å². The van der Waals surface area contributed by atoms with E-state index in [1.807, 2.05) is 18.2 Å². The summed E-state index contributed by atoms with van der Waals surface area (Å²) in [5, 5.41) is 0.615. The third-order valence-electron chi connectivity index (χ3n) is 2.93. The molecule has 94 valence electrons. The minimum Gasteiger partial charge on any atom is -0.489 e. The van der Waals surface area contributed by atoms with Gasteiger partial charge in [-0.25, -0.2) is 0 Å². The van der Waals surface area contributed by atoms with Crippen molar-refractivity contribution in [2.45, 2.75) is 31.9 Å². The van der Waals surface area contributed by atoms with Gasteiger partial charge in [-0.2, -0.15) is 0 Å². The number of halogens is 1.